The quantitative estimate of drug-likeness (QED) is 0.894. The fraction of sp³-hybridized carbons (Fsp3) is 0.750. The second-order valence-corrected chi connectivity index (χ2v) is 6.77. The maximum atomic E-state index is 6.01. The van der Waals surface area contributed by atoms with E-state index in [4.69, 9.17) is 10.7 Å². The second-order valence-electron chi connectivity index (χ2n) is 6.77. The molecule has 2 saturated carbocycles. The monoisotopic (exact) mass is 274 g/mol. The van der Waals surface area contributed by atoms with E-state index in [0.29, 0.717) is 23.7 Å². The minimum absolute atomic E-state index is 0.557. The first-order valence-electron chi connectivity index (χ1n) is 8.04. The summed E-state index contributed by atoms with van der Waals surface area (Å²) in [6.45, 7) is 5.60. The summed E-state index contributed by atoms with van der Waals surface area (Å²) in [4.78, 5) is 11.7. The molecule has 1 aromatic rings. The summed E-state index contributed by atoms with van der Waals surface area (Å²) in [7, 11) is 0. The highest BCUT2D eigenvalue weighted by atomic mass is 15.2. The third-order valence-electron chi connectivity index (χ3n) is 4.31. The van der Waals surface area contributed by atoms with E-state index >= 15 is 0 Å². The van der Waals surface area contributed by atoms with Gasteiger partial charge in [0.2, 0.25) is 0 Å². The molecule has 0 bridgehead atoms. The molecule has 0 unspecified atom stereocenters. The fourth-order valence-electron chi connectivity index (χ4n) is 3.18. The molecule has 2 N–H and O–H groups in total. The van der Waals surface area contributed by atoms with Crippen LogP contribution in [0.25, 0.3) is 0 Å². The van der Waals surface area contributed by atoms with Crippen LogP contribution in [0, 0.1) is 5.92 Å². The van der Waals surface area contributed by atoms with E-state index in [1.807, 2.05) is 6.07 Å². The van der Waals surface area contributed by atoms with Gasteiger partial charge in [-0.3, -0.25) is 0 Å². The number of aromatic nitrogens is 2. The molecule has 1 heterocycles. The van der Waals surface area contributed by atoms with Gasteiger partial charge in [0.1, 0.15) is 17.5 Å². The van der Waals surface area contributed by atoms with Gasteiger partial charge in [-0.05, 0) is 31.6 Å². The molecule has 0 aliphatic heterocycles. The summed E-state index contributed by atoms with van der Waals surface area (Å²) in [6.07, 6.45) is 7.70. The van der Waals surface area contributed by atoms with Crippen LogP contribution in [0.2, 0.25) is 0 Å². The predicted molar refractivity (Wildman–Crippen MR) is 82.9 cm³/mol. The van der Waals surface area contributed by atoms with Crippen molar-refractivity contribution in [2.75, 3.05) is 17.2 Å². The molecule has 0 atom stereocenters. The molecule has 20 heavy (non-hydrogen) atoms. The topological polar surface area (TPSA) is 55.0 Å². The van der Waals surface area contributed by atoms with Crippen LogP contribution < -0.4 is 10.6 Å². The summed E-state index contributed by atoms with van der Waals surface area (Å²) in [6, 6.07) is 2.60. The molecule has 0 amide bonds. The van der Waals surface area contributed by atoms with Crippen molar-refractivity contribution in [2.45, 2.75) is 64.3 Å². The van der Waals surface area contributed by atoms with Crippen molar-refractivity contribution >= 4 is 11.6 Å². The first-order valence-corrected chi connectivity index (χ1v) is 8.04. The number of rotatable bonds is 5. The maximum Gasteiger partial charge on any atom is 0.136 e. The Morgan fingerprint density at radius 2 is 1.90 bits per heavy atom. The summed E-state index contributed by atoms with van der Waals surface area (Å²) in [5.41, 5.74) is 6.01. The van der Waals surface area contributed by atoms with Gasteiger partial charge in [-0.25, -0.2) is 9.97 Å². The highest BCUT2D eigenvalue weighted by molar-refractivity contribution is 5.48. The van der Waals surface area contributed by atoms with Crippen molar-refractivity contribution < 1.29 is 0 Å². The number of nitrogens with zero attached hydrogens (tertiary/aromatic N) is 3. The summed E-state index contributed by atoms with van der Waals surface area (Å²) in [5, 5.41) is 0. The molecule has 0 saturated heterocycles. The van der Waals surface area contributed by atoms with E-state index in [-0.39, 0.29) is 0 Å². The van der Waals surface area contributed by atoms with E-state index in [0.717, 1.165) is 18.2 Å². The zero-order valence-corrected chi connectivity index (χ0v) is 12.7. The Bertz CT molecular complexity index is 462. The van der Waals surface area contributed by atoms with Gasteiger partial charge in [0.05, 0.1) is 0 Å². The van der Waals surface area contributed by atoms with Crippen LogP contribution in [0.4, 0.5) is 11.6 Å². The Morgan fingerprint density at radius 3 is 2.50 bits per heavy atom. The van der Waals surface area contributed by atoms with Gasteiger partial charge in [0, 0.05) is 24.6 Å². The first-order chi connectivity index (χ1) is 9.63. The summed E-state index contributed by atoms with van der Waals surface area (Å²) in [5.74, 6) is 3.84. The first kappa shape index (κ1) is 13.7. The van der Waals surface area contributed by atoms with Crippen LogP contribution in [0.1, 0.15) is 64.1 Å². The van der Waals surface area contributed by atoms with Gasteiger partial charge in [-0.2, -0.15) is 0 Å². The third-order valence-corrected chi connectivity index (χ3v) is 4.31. The molecule has 2 aliphatic rings. The lowest BCUT2D eigenvalue weighted by Crippen LogP contribution is -2.37. The van der Waals surface area contributed by atoms with Gasteiger partial charge in [0.15, 0.2) is 0 Å². The number of nitrogens with two attached hydrogens (primary N) is 1. The molecule has 4 heteroatoms. The van der Waals surface area contributed by atoms with Crippen LogP contribution in [0.15, 0.2) is 6.07 Å². The number of hydrogen-bond acceptors (Lipinski definition) is 4. The molecule has 0 spiro atoms. The van der Waals surface area contributed by atoms with Crippen molar-refractivity contribution in [3.05, 3.63) is 11.9 Å². The van der Waals surface area contributed by atoms with Gasteiger partial charge < -0.3 is 10.6 Å². The summed E-state index contributed by atoms with van der Waals surface area (Å²) >= 11 is 0. The molecule has 0 radical (unpaired) electrons. The normalized spacial score (nSPS) is 19.8. The average molecular weight is 274 g/mol. The van der Waals surface area contributed by atoms with Crippen LogP contribution in [0.5, 0.6) is 0 Å². The Labute approximate surface area is 121 Å². The zero-order chi connectivity index (χ0) is 14.1. The molecule has 0 aromatic carbocycles. The number of nitrogen functional groups attached to an aromatic ring is 1. The minimum Gasteiger partial charge on any atom is -0.384 e. The van der Waals surface area contributed by atoms with Crippen LogP contribution in [-0.2, 0) is 0 Å². The molecular weight excluding hydrogens is 248 g/mol. The highest BCUT2D eigenvalue weighted by Gasteiger charge is 2.29. The highest BCUT2D eigenvalue weighted by Crippen LogP contribution is 2.39. The standard InChI is InChI=1S/C16H26N4/c1-11(2)10-20(13-5-3-4-6-13)15-9-14(17)18-16(19-15)12-7-8-12/h9,11-13H,3-8,10H2,1-2H3,(H2,17,18,19). The number of hydrogen-bond donors (Lipinski definition) is 1. The SMILES string of the molecule is CC(C)CN(c1cc(N)nc(C2CC2)n1)C1CCCC1. The van der Waals surface area contributed by atoms with Crippen molar-refractivity contribution in [2.24, 2.45) is 5.92 Å². The third kappa shape index (κ3) is 3.05. The van der Waals surface area contributed by atoms with Crippen LogP contribution >= 0.6 is 0 Å². The minimum atomic E-state index is 0.557. The Hall–Kier alpha value is -1.32. The lowest BCUT2D eigenvalue weighted by atomic mass is 10.1. The molecule has 1 aromatic heterocycles. The molecule has 3 rings (SSSR count). The smallest absolute Gasteiger partial charge is 0.136 e. The van der Waals surface area contributed by atoms with Gasteiger partial charge in [0.25, 0.3) is 0 Å². The second kappa shape index (κ2) is 5.58. The number of anilines is 2. The largest absolute Gasteiger partial charge is 0.384 e. The molecule has 2 fully saturated rings. The van der Waals surface area contributed by atoms with E-state index in [1.54, 1.807) is 0 Å². The summed E-state index contributed by atoms with van der Waals surface area (Å²) < 4.78 is 0. The molecule has 110 valence electrons. The van der Waals surface area contributed by atoms with Crippen molar-refractivity contribution in [3.8, 4) is 0 Å². The van der Waals surface area contributed by atoms with E-state index in [1.165, 1.54) is 38.5 Å². The van der Waals surface area contributed by atoms with E-state index in [9.17, 15) is 0 Å². The molecule has 4 nitrogen and oxygen atoms in total. The van der Waals surface area contributed by atoms with E-state index < -0.39 is 0 Å². The average Bonchev–Trinajstić information content (AvgIpc) is 3.11. The lowest BCUT2D eigenvalue weighted by Gasteiger charge is -2.32. The molecular formula is C16H26N4. The predicted octanol–water partition coefficient (Wildman–Crippen LogP) is 3.34. The van der Waals surface area contributed by atoms with Crippen LogP contribution in [-0.4, -0.2) is 22.6 Å². The van der Waals surface area contributed by atoms with Crippen molar-refractivity contribution in [1.82, 2.24) is 9.97 Å². The van der Waals surface area contributed by atoms with Gasteiger partial charge in [-0.1, -0.05) is 26.7 Å². The Morgan fingerprint density at radius 1 is 1.20 bits per heavy atom. The lowest BCUT2D eigenvalue weighted by molar-refractivity contribution is 0.530. The zero-order valence-electron chi connectivity index (χ0n) is 12.7. The Kier molecular flexibility index (Phi) is 3.81. The van der Waals surface area contributed by atoms with Crippen molar-refractivity contribution in [3.63, 3.8) is 0 Å². The molecule has 2 aliphatic carbocycles. The van der Waals surface area contributed by atoms with Crippen LogP contribution in [0.3, 0.4) is 0 Å². The maximum absolute atomic E-state index is 6.01. The fourth-order valence-corrected chi connectivity index (χ4v) is 3.18. The van der Waals surface area contributed by atoms with Crippen molar-refractivity contribution in [1.29, 1.82) is 0 Å². The van der Waals surface area contributed by atoms with Gasteiger partial charge in [-0.15, -0.1) is 0 Å². The Balaban J connectivity index is 1.88. The van der Waals surface area contributed by atoms with Gasteiger partial charge >= 0.3 is 0 Å². The van der Waals surface area contributed by atoms with E-state index in [2.05, 4.69) is 23.7 Å².